The number of aromatic nitrogens is 2. The van der Waals surface area contributed by atoms with Crippen LogP contribution in [0.2, 0.25) is 0 Å². The second-order valence-corrected chi connectivity index (χ2v) is 6.23. The van der Waals surface area contributed by atoms with E-state index in [1.54, 1.807) is 6.33 Å². The topological polar surface area (TPSA) is 46.9 Å². The Hall–Kier alpha value is -1.84. The number of nitrogens with one attached hydrogen (secondary N) is 1. The maximum absolute atomic E-state index is 12.3. The average molecular weight is 287 g/mol. The number of amides is 1. The van der Waals surface area contributed by atoms with Crippen molar-refractivity contribution in [1.29, 1.82) is 0 Å². The Morgan fingerprint density at radius 2 is 1.90 bits per heavy atom. The number of benzene rings is 1. The van der Waals surface area contributed by atoms with E-state index in [4.69, 9.17) is 0 Å². The fourth-order valence-corrected chi connectivity index (χ4v) is 2.35. The molecule has 0 fully saturated rings. The second kappa shape index (κ2) is 6.29. The van der Waals surface area contributed by atoms with Gasteiger partial charge in [-0.1, -0.05) is 13.8 Å². The summed E-state index contributed by atoms with van der Waals surface area (Å²) >= 11 is 0. The average Bonchev–Trinajstić information content (AvgIpc) is 2.80. The minimum atomic E-state index is -0.246. The highest BCUT2D eigenvalue weighted by Crippen LogP contribution is 2.21. The van der Waals surface area contributed by atoms with Gasteiger partial charge in [-0.05, 0) is 56.4 Å². The van der Waals surface area contributed by atoms with E-state index in [0.717, 1.165) is 24.0 Å². The number of hydrogen-bond acceptors (Lipinski definition) is 2. The number of carbonyl (C=O) groups excluding carboxylic acids is 1. The van der Waals surface area contributed by atoms with Crippen molar-refractivity contribution >= 4 is 16.9 Å². The Bertz CT molecular complexity index is 643. The van der Waals surface area contributed by atoms with Crippen molar-refractivity contribution in [3.63, 3.8) is 0 Å². The Morgan fingerprint density at radius 1 is 1.24 bits per heavy atom. The first-order chi connectivity index (χ1) is 9.90. The molecule has 2 rings (SSSR count). The number of rotatable bonds is 5. The lowest BCUT2D eigenvalue weighted by Crippen LogP contribution is -2.32. The Labute approximate surface area is 126 Å². The van der Waals surface area contributed by atoms with E-state index in [1.807, 2.05) is 11.5 Å². The number of hydrogen-bond donors (Lipinski definition) is 1. The summed E-state index contributed by atoms with van der Waals surface area (Å²) in [6, 6.07) is 3.93. The molecule has 1 unspecified atom stereocenters. The van der Waals surface area contributed by atoms with Crippen LogP contribution in [0.25, 0.3) is 11.0 Å². The first-order valence-electron chi connectivity index (χ1n) is 7.61. The summed E-state index contributed by atoms with van der Waals surface area (Å²) < 4.78 is 1.95. The third-order valence-corrected chi connectivity index (χ3v) is 4.01. The highest BCUT2D eigenvalue weighted by molar-refractivity contribution is 5.84. The highest BCUT2D eigenvalue weighted by Gasteiger charge is 2.17. The lowest BCUT2D eigenvalue weighted by atomic mass is 10.1. The van der Waals surface area contributed by atoms with Gasteiger partial charge in [-0.25, -0.2) is 4.98 Å². The Morgan fingerprint density at radius 3 is 2.57 bits per heavy atom. The molecule has 0 aliphatic rings. The molecule has 1 heterocycles. The number of aryl methyl sites for hydroxylation is 2. The van der Waals surface area contributed by atoms with Crippen LogP contribution in [0.1, 0.15) is 44.4 Å². The molecule has 0 aliphatic carbocycles. The van der Waals surface area contributed by atoms with Crippen LogP contribution in [-0.2, 0) is 4.79 Å². The number of fused-ring (bicyclic) bond motifs is 1. The molecule has 1 aromatic carbocycles. The van der Waals surface area contributed by atoms with Gasteiger partial charge in [0.2, 0.25) is 5.91 Å². The first kappa shape index (κ1) is 15.5. The molecule has 1 atom stereocenters. The molecule has 0 spiro atoms. The predicted molar refractivity (Wildman–Crippen MR) is 86.4 cm³/mol. The summed E-state index contributed by atoms with van der Waals surface area (Å²) in [6.07, 6.45) is 2.76. The molecule has 0 radical (unpaired) electrons. The van der Waals surface area contributed by atoms with Crippen LogP contribution >= 0.6 is 0 Å². The van der Waals surface area contributed by atoms with E-state index in [1.165, 1.54) is 11.1 Å². The molecule has 0 saturated carbocycles. The Kier molecular flexibility index (Phi) is 4.66. The van der Waals surface area contributed by atoms with Crippen LogP contribution < -0.4 is 5.32 Å². The molecule has 1 aromatic heterocycles. The minimum Gasteiger partial charge on any atom is -0.354 e. The van der Waals surface area contributed by atoms with Gasteiger partial charge in [-0.3, -0.25) is 4.79 Å². The van der Waals surface area contributed by atoms with Crippen molar-refractivity contribution in [2.24, 2.45) is 5.92 Å². The molecule has 0 saturated heterocycles. The minimum absolute atomic E-state index is 0.0492. The smallest absolute Gasteiger partial charge is 0.242 e. The van der Waals surface area contributed by atoms with E-state index in [0.29, 0.717) is 5.92 Å². The molecule has 21 heavy (non-hydrogen) atoms. The molecular weight excluding hydrogens is 262 g/mol. The van der Waals surface area contributed by atoms with Gasteiger partial charge in [-0.15, -0.1) is 0 Å². The maximum atomic E-state index is 12.3. The molecule has 2 aromatic rings. The van der Waals surface area contributed by atoms with Crippen LogP contribution in [0.15, 0.2) is 18.5 Å². The monoisotopic (exact) mass is 287 g/mol. The summed E-state index contributed by atoms with van der Waals surface area (Å²) in [6.45, 7) is 11.1. The van der Waals surface area contributed by atoms with Crippen LogP contribution in [0.4, 0.5) is 0 Å². The van der Waals surface area contributed by atoms with E-state index in [-0.39, 0.29) is 11.9 Å². The first-order valence-corrected chi connectivity index (χ1v) is 7.61. The number of nitrogens with zero attached hydrogens (tertiary/aromatic N) is 2. The van der Waals surface area contributed by atoms with Crippen LogP contribution in [0.3, 0.4) is 0 Å². The van der Waals surface area contributed by atoms with Crippen molar-refractivity contribution in [2.45, 2.75) is 47.1 Å². The molecule has 1 N–H and O–H groups in total. The molecule has 1 amide bonds. The van der Waals surface area contributed by atoms with Gasteiger partial charge in [0.25, 0.3) is 0 Å². The van der Waals surface area contributed by atoms with Crippen LogP contribution in [-0.4, -0.2) is 22.0 Å². The quantitative estimate of drug-likeness (QED) is 0.916. The third kappa shape index (κ3) is 3.43. The third-order valence-electron chi connectivity index (χ3n) is 4.01. The molecule has 4 heteroatoms. The van der Waals surface area contributed by atoms with Crippen molar-refractivity contribution in [1.82, 2.24) is 14.9 Å². The van der Waals surface area contributed by atoms with Crippen molar-refractivity contribution < 1.29 is 4.79 Å². The molecule has 4 nitrogen and oxygen atoms in total. The van der Waals surface area contributed by atoms with Gasteiger partial charge in [0.1, 0.15) is 6.04 Å². The number of imidazole rings is 1. The van der Waals surface area contributed by atoms with E-state index < -0.39 is 0 Å². The van der Waals surface area contributed by atoms with E-state index >= 15 is 0 Å². The lowest BCUT2D eigenvalue weighted by molar-refractivity contribution is -0.123. The zero-order chi connectivity index (χ0) is 15.6. The molecular formula is C17H25N3O. The largest absolute Gasteiger partial charge is 0.354 e. The van der Waals surface area contributed by atoms with Crippen LogP contribution in [0.5, 0.6) is 0 Å². The Balaban J connectivity index is 2.17. The number of carbonyl (C=O) groups is 1. The molecule has 0 aliphatic heterocycles. The summed E-state index contributed by atoms with van der Waals surface area (Å²) in [7, 11) is 0. The predicted octanol–water partition coefficient (Wildman–Crippen LogP) is 3.38. The van der Waals surface area contributed by atoms with Gasteiger partial charge in [0.05, 0.1) is 17.4 Å². The second-order valence-electron chi connectivity index (χ2n) is 6.23. The normalized spacial score (nSPS) is 12.9. The summed E-state index contributed by atoms with van der Waals surface area (Å²) in [5.74, 6) is 0.647. The van der Waals surface area contributed by atoms with Gasteiger partial charge in [-0.2, -0.15) is 0 Å². The summed E-state index contributed by atoms with van der Waals surface area (Å²) in [5.41, 5.74) is 4.41. The van der Waals surface area contributed by atoms with Crippen molar-refractivity contribution in [2.75, 3.05) is 6.54 Å². The van der Waals surface area contributed by atoms with Gasteiger partial charge in [0, 0.05) is 6.54 Å². The van der Waals surface area contributed by atoms with Gasteiger partial charge in [0.15, 0.2) is 0 Å². The van der Waals surface area contributed by atoms with Crippen molar-refractivity contribution in [3.05, 3.63) is 29.6 Å². The van der Waals surface area contributed by atoms with E-state index in [9.17, 15) is 4.79 Å². The van der Waals surface area contributed by atoms with Crippen LogP contribution in [0, 0.1) is 19.8 Å². The molecule has 0 bridgehead atoms. The summed E-state index contributed by atoms with van der Waals surface area (Å²) in [4.78, 5) is 16.7. The fourth-order valence-electron chi connectivity index (χ4n) is 2.35. The lowest BCUT2D eigenvalue weighted by Gasteiger charge is -2.15. The van der Waals surface area contributed by atoms with Gasteiger partial charge >= 0.3 is 0 Å². The van der Waals surface area contributed by atoms with Crippen molar-refractivity contribution in [3.8, 4) is 0 Å². The SMILES string of the molecule is Cc1cc2ncn(C(C)C(=O)NCCC(C)C)c2cc1C. The highest BCUT2D eigenvalue weighted by atomic mass is 16.2. The van der Waals surface area contributed by atoms with Gasteiger partial charge < -0.3 is 9.88 Å². The summed E-state index contributed by atoms with van der Waals surface area (Å²) in [5, 5.41) is 3.01. The van der Waals surface area contributed by atoms with E-state index in [2.05, 4.69) is 50.1 Å². The zero-order valence-corrected chi connectivity index (χ0v) is 13.6. The molecule has 114 valence electrons. The maximum Gasteiger partial charge on any atom is 0.242 e. The zero-order valence-electron chi connectivity index (χ0n) is 13.6. The fraction of sp³-hybridized carbons (Fsp3) is 0.529. The standard InChI is InChI=1S/C17H25N3O/c1-11(2)6-7-18-17(21)14(5)20-10-19-15-8-12(3)13(4)9-16(15)20/h8-11,14H,6-7H2,1-5H3,(H,18,21).